The number of fused-ring (bicyclic) bond motifs is 2. The second-order valence-corrected chi connectivity index (χ2v) is 3.75. The predicted octanol–water partition coefficient (Wildman–Crippen LogP) is 2.03. The molecule has 0 fully saturated rings. The largest absolute Gasteiger partial charge is 0.454 e. The Morgan fingerprint density at radius 2 is 2.07 bits per heavy atom. The molecule has 0 unspecified atom stereocenters. The monoisotopic (exact) mass is 223 g/mol. The van der Waals surface area contributed by atoms with Crippen molar-refractivity contribution in [3.05, 3.63) is 17.8 Å². The molecule has 1 aromatic carbocycles. The summed E-state index contributed by atoms with van der Waals surface area (Å²) in [5.41, 5.74) is 1.65. The van der Waals surface area contributed by atoms with Gasteiger partial charge in [-0.2, -0.15) is 12.6 Å². The molecule has 5 heteroatoms. The van der Waals surface area contributed by atoms with Crippen molar-refractivity contribution in [1.29, 1.82) is 0 Å². The van der Waals surface area contributed by atoms with E-state index in [1.807, 2.05) is 12.1 Å². The highest BCUT2D eigenvalue weighted by Gasteiger charge is 2.18. The summed E-state index contributed by atoms with van der Waals surface area (Å²) in [7, 11) is 0. The first-order valence-corrected chi connectivity index (χ1v) is 5.30. The van der Waals surface area contributed by atoms with Crippen LogP contribution in [0.1, 0.15) is 5.69 Å². The van der Waals surface area contributed by atoms with Gasteiger partial charge in [0.2, 0.25) is 6.79 Å². The van der Waals surface area contributed by atoms with E-state index in [4.69, 9.17) is 14.0 Å². The van der Waals surface area contributed by atoms with Crippen LogP contribution in [0.2, 0.25) is 0 Å². The minimum atomic E-state index is 0.275. The van der Waals surface area contributed by atoms with E-state index in [1.165, 1.54) is 0 Å². The lowest BCUT2D eigenvalue weighted by Crippen LogP contribution is -1.92. The summed E-state index contributed by atoms with van der Waals surface area (Å²) in [5, 5.41) is 4.97. The lowest BCUT2D eigenvalue weighted by Gasteiger charge is -1.95. The zero-order valence-electron chi connectivity index (χ0n) is 7.90. The van der Waals surface area contributed by atoms with Gasteiger partial charge in [0.25, 0.3) is 0 Å². The van der Waals surface area contributed by atoms with Gasteiger partial charge in [-0.3, -0.25) is 0 Å². The number of thiol groups is 1. The van der Waals surface area contributed by atoms with Crippen LogP contribution < -0.4 is 9.47 Å². The van der Waals surface area contributed by atoms with E-state index in [2.05, 4.69) is 17.8 Å². The Labute approximate surface area is 91.5 Å². The zero-order valence-corrected chi connectivity index (χ0v) is 8.79. The van der Waals surface area contributed by atoms with Gasteiger partial charge in [-0.05, 0) is 11.8 Å². The van der Waals surface area contributed by atoms with Crippen LogP contribution in [0.25, 0.3) is 11.0 Å². The van der Waals surface area contributed by atoms with Crippen LogP contribution in [0.3, 0.4) is 0 Å². The maximum atomic E-state index is 5.30. The van der Waals surface area contributed by atoms with Gasteiger partial charge in [0.05, 0.1) is 5.69 Å². The highest BCUT2D eigenvalue weighted by Crippen LogP contribution is 2.37. The number of ether oxygens (including phenoxy) is 2. The molecule has 1 aliphatic rings. The summed E-state index contributed by atoms with van der Waals surface area (Å²) in [5.74, 6) is 2.22. The van der Waals surface area contributed by atoms with E-state index in [-0.39, 0.29) is 6.79 Å². The van der Waals surface area contributed by atoms with Gasteiger partial charge in [0.15, 0.2) is 17.1 Å². The molecule has 0 spiro atoms. The Balaban J connectivity index is 2.18. The first kappa shape index (κ1) is 8.91. The van der Waals surface area contributed by atoms with E-state index < -0.39 is 0 Å². The quantitative estimate of drug-likeness (QED) is 0.791. The van der Waals surface area contributed by atoms with Crippen LogP contribution >= 0.6 is 12.6 Å². The Hall–Kier alpha value is -1.36. The lowest BCUT2D eigenvalue weighted by atomic mass is 10.1. The summed E-state index contributed by atoms with van der Waals surface area (Å²) in [6.07, 6.45) is 0.787. The van der Waals surface area contributed by atoms with Gasteiger partial charge in [0.1, 0.15) is 0 Å². The Kier molecular flexibility index (Phi) is 1.98. The van der Waals surface area contributed by atoms with E-state index in [1.54, 1.807) is 0 Å². The number of rotatable bonds is 2. The van der Waals surface area contributed by atoms with Crippen LogP contribution in [0.4, 0.5) is 0 Å². The highest BCUT2D eigenvalue weighted by atomic mass is 32.1. The number of aromatic nitrogens is 1. The third-order valence-electron chi connectivity index (χ3n) is 2.39. The van der Waals surface area contributed by atoms with Gasteiger partial charge >= 0.3 is 0 Å². The van der Waals surface area contributed by atoms with E-state index in [0.29, 0.717) is 0 Å². The molecule has 78 valence electrons. The molecule has 0 N–H and O–H groups in total. The number of aryl methyl sites for hydroxylation is 1. The Morgan fingerprint density at radius 1 is 1.27 bits per heavy atom. The third-order valence-corrected chi connectivity index (χ3v) is 2.61. The fourth-order valence-corrected chi connectivity index (χ4v) is 1.88. The minimum Gasteiger partial charge on any atom is -0.454 e. The van der Waals surface area contributed by atoms with E-state index in [0.717, 1.165) is 40.3 Å². The smallest absolute Gasteiger partial charge is 0.231 e. The first-order chi connectivity index (χ1) is 7.38. The van der Waals surface area contributed by atoms with E-state index in [9.17, 15) is 0 Å². The molecule has 0 bridgehead atoms. The summed E-state index contributed by atoms with van der Waals surface area (Å²) < 4.78 is 15.8. The molecule has 4 nitrogen and oxygen atoms in total. The topological polar surface area (TPSA) is 44.5 Å². The van der Waals surface area contributed by atoms with E-state index >= 15 is 0 Å². The van der Waals surface area contributed by atoms with Crippen molar-refractivity contribution < 1.29 is 14.0 Å². The van der Waals surface area contributed by atoms with Gasteiger partial charge in [-0.25, -0.2) is 0 Å². The van der Waals surface area contributed by atoms with Crippen LogP contribution in [0, 0.1) is 0 Å². The Morgan fingerprint density at radius 3 is 2.87 bits per heavy atom. The van der Waals surface area contributed by atoms with Gasteiger partial charge in [-0.1, -0.05) is 5.16 Å². The van der Waals surface area contributed by atoms with Crippen molar-refractivity contribution in [3.63, 3.8) is 0 Å². The molecule has 1 aromatic heterocycles. The van der Waals surface area contributed by atoms with Gasteiger partial charge in [-0.15, -0.1) is 0 Å². The maximum absolute atomic E-state index is 5.30. The standard InChI is InChI=1S/C10H9NO3S/c15-2-1-7-6-3-9-10(13-5-12-9)4-8(6)14-11-7/h3-4,15H,1-2,5H2. The number of benzene rings is 1. The molecule has 0 amide bonds. The van der Waals surface area contributed by atoms with Crippen LogP contribution in [-0.4, -0.2) is 17.7 Å². The van der Waals surface area contributed by atoms with Crippen molar-refractivity contribution in [2.45, 2.75) is 6.42 Å². The molecular formula is C10H9NO3S. The van der Waals surface area contributed by atoms with Crippen molar-refractivity contribution in [3.8, 4) is 11.5 Å². The minimum absolute atomic E-state index is 0.275. The summed E-state index contributed by atoms with van der Waals surface area (Å²) in [4.78, 5) is 0. The number of hydrogen-bond donors (Lipinski definition) is 1. The van der Waals surface area contributed by atoms with Crippen molar-refractivity contribution in [1.82, 2.24) is 5.16 Å². The average molecular weight is 223 g/mol. The fourth-order valence-electron chi connectivity index (χ4n) is 1.66. The fraction of sp³-hybridized carbons (Fsp3) is 0.300. The average Bonchev–Trinajstić information content (AvgIpc) is 2.82. The van der Waals surface area contributed by atoms with Crippen molar-refractivity contribution >= 4 is 23.6 Å². The molecular weight excluding hydrogens is 214 g/mol. The second kappa shape index (κ2) is 3.34. The summed E-state index contributed by atoms with van der Waals surface area (Å²) in [6.45, 7) is 0.275. The number of hydrogen-bond acceptors (Lipinski definition) is 5. The molecule has 0 aliphatic carbocycles. The number of nitrogens with zero attached hydrogens (tertiary/aromatic N) is 1. The molecule has 0 atom stereocenters. The van der Waals surface area contributed by atoms with Crippen LogP contribution in [0.15, 0.2) is 16.7 Å². The molecule has 15 heavy (non-hydrogen) atoms. The molecule has 2 heterocycles. The summed E-state index contributed by atoms with van der Waals surface area (Å²) >= 11 is 4.18. The predicted molar refractivity (Wildman–Crippen MR) is 57.7 cm³/mol. The third kappa shape index (κ3) is 1.34. The lowest BCUT2D eigenvalue weighted by molar-refractivity contribution is 0.174. The summed E-state index contributed by atoms with van der Waals surface area (Å²) in [6, 6.07) is 3.72. The second-order valence-electron chi connectivity index (χ2n) is 3.30. The molecule has 2 aromatic rings. The van der Waals surface area contributed by atoms with Crippen molar-refractivity contribution in [2.24, 2.45) is 0 Å². The molecule has 1 aliphatic heterocycles. The molecule has 0 radical (unpaired) electrons. The maximum Gasteiger partial charge on any atom is 0.231 e. The normalized spacial score (nSPS) is 13.7. The van der Waals surface area contributed by atoms with Gasteiger partial charge < -0.3 is 14.0 Å². The molecule has 3 rings (SSSR count). The molecule has 0 saturated heterocycles. The van der Waals surface area contributed by atoms with Crippen LogP contribution in [0.5, 0.6) is 11.5 Å². The van der Waals surface area contributed by atoms with Crippen molar-refractivity contribution in [2.75, 3.05) is 12.5 Å². The van der Waals surface area contributed by atoms with Crippen LogP contribution in [-0.2, 0) is 6.42 Å². The first-order valence-electron chi connectivity index (χ1n) is 4.67. The Bertz CT molecular complexity index is 509. The highest BCUT2D eigenvalue weighted by molar-refractivity contribution is 7.80. The molecule has 0 saturated carbocycles. The SMILES string of the molecule is SCCc1noc2cc3c(cc12)OCO3. The van der Waals surface area contributed by atoms with Gasteiger partial charge in [0, 0.05) is 17.9 Å². The zero-order chi connectivity index (χ0) is 10.3.